The second kappa shape index (κ2) is 6.58. The molecule has 0 aliphatic heterocycles. The van der Waals surface area contributed by atoms with Gasteiger partial charge in [-0.1, -0.05) is 13.3 Å². The molecule has 3 heteroatoms. The van der Waals surface area contributed by atoms with E-state index >= 15 is 0 Å². The minimum atomic E-state index is -0.477. The zero-order valence-electron chi connectivity index (χ0n) is 12.4. The Hall–Kier alpha value is -0.800. The molecular formula is C16H28N2O. The fourth-order valence-corrected chi connectivity index (χ4v) is 3.14. The molecule has 2 N–H and O–H groups in total. The molecule has 1 aliphatic carbocycles. The van der Waals surface area contributed by atoms with Crippen molar-refractivity contribution < 1.29 is 5.11 Å². The minimum Gasteiger partial charge on any atom is -0.389 e. The molecular weight excluding hydrogens is 236 g/mol. The topological polar surface area (TPSA) is 37.2 Å². The van der Waals surface area contributed by atoms with Crippen LogP contribution in [0.1, 0.15) is 51.6 Å². The highest BCUT2D eigenvalue weighted by molar-refractivity contribution is 5.07. The SMILES string of the molecule is CCC1CCC(O)(CNCc2cccn2CC)CC1. The third-order valence-electron chi connectivity index (χ3n) is 4.64. The van der Waals surface area contributed by atoms with Gasteiger partial charge in [-0.25, -0.2) is 0 Å². The lowest BCUT2D eigenvalue weighted by molar-refractivity contribution is -0.00890. The third-order valence-corrected chi connectivity index (χ3v) is 4.64. The van der Waals surface area contributed by atoms with E-state index in [4.69, 9.17) is 0 Å². The first-order valence-electron chi connectivity index (χ1n) is 7.74. The van der Waals surface area contributed by atoms with Crippen LogP contribution >= 0.6 is 0 Å². The molecule has 0 aromatic carbocycles. The van der Waals surface area contributed by atoms with Gasteiger partial charge in [-0.05, 0) is 50.7 Å². The Balaban J connectivity index is 1.76. The van der Waals surface area contributed by atoms with Crippen molar-refractivity contribution in [2.45, 2.75) is 64.6 Å². The highest BCUT2D eigenvalue weighted by Gasteiger charge is 2.32. The molecule has 1 heterocycles. The minimum absolute atomic E-state index is 0.477. The summed E-state index contributed by atoms with van der Waals surface area (Å²) >= 11 is 0. The molecule has 1 aliphatic rings. The lowest BCUT2D eigenvalue weighted by Crippen LogP contribution is -2.43. The van der Waals surface area contributed by atoms with Crippen molar-refractivity contribution in [2.75, 3.05) is 6.54 Å². The molecule has 1 fully saturated rings. The smallest absolute Gasteiger partial charge is 0.0771 e. The molecule has 0 radical (unpaired) electrons. The van der Waals surface area contributed by atoms with E-state index in [-0.39, 0.29) is 0 Å². The molecule has 19 heavy (non-hydrogen) atoms. The maximum absolute atomic E-state index is 10.6. The number of aryl methyl sites for hydroxylation is 1. The summed E-state index contributed by atoms with van der Waals surface area (Å²) in [5.41, 5.74) is 0.823. The maximum Gasteiger partial charge on any atom is 0.0771 e. The van der Waals surface area contributed by atoms with E-state index in [0.29, 0.717) is 0 Å². The van der Waals surface area contributed by atoms with E-state index < -0.39 is 5.60 Å². The molecule has 1 aromatic heterocycles. The van der Waals surface area contributed by atoms with E-state index in [1.807, 2.05) is 0 Å². The van der Waals surface area contributed by atoms with E-state index in [1.165, 1.54) is 25.0 Å². The number of nitrogens with zero attached hydrogens (tertiary/aromatic N) is 1. The Morgan fingerprint density at radius 3 is 2.74 bits per heavy atom. The van der Waals surface area contributed by atoms with Crippen LogP contribution in [0, 0.1) is 5.92 Å². The number of hydrogen-bond acceptors (Lipinski definition) is 2. The molecule has 0 spiro atoms. The summed E-state index contributed by atoms with van der Waals surface area (Å²) in [6.07, 6.45) is 7.63. The van der Waals surface area contributed by atoms with Crippen LogP contribution in [0.5, 0.6) is 0 Å². The fourth-order valence-electron chi connectivity index (χ4n) is 3.14. The van der Waals surface area contributed by atoms with Gasteiger partial charge in [-0.3, -0.25) is 0 Å². The van der Waals surface area contributed by atoms with Crippen LogP contribution in [0.4, 0.5) is 0 Å². The standard InChI is InChI=1S/C16H28N2O/c1-3-14-7-9-16(19,10-8-14)13-17-12-15-6-5-11-18(15)4-2/h5-6,11,14,17,19H,3-4,7-10,12-13H2,1-2H3. The Kier molecular flexibility index (Phi) is 5.06. The van der Waals surface area contributed by atoms with Crippen LogP contribution in [0.3, 0.4) is 0 Å². The average molecular weight is 264 g/mol. The molecule has 0 unspecified atom stereocenters. The molecule has 0 amide bonds. The van der Waals surface area contributed by atoms with Crippen LogP contribution in [0.15, 0.2) is 18.3 Å². The van der Waals surface area contributed by atoms with Gasteiger partial charge in [0.05, 0.1) is 5.60 Å². The highest BCUT2D eigenvalue weighted by Crippen LogP contribution is 2.33. The summed E-state index contributed by atoms with van der Waals surface area (Å²) in [5, 5.41) is 14.0. The molecule has 1 saturated carbocycles. The molecule has 2 rings (SSSR count). The van der Waals surface area contributed by atoms with Gasteiger partial charge >= 0.3 is 0 Å². The zero-order chi connectivity index (χ0) is 13.7. The summed E-state index contributed by atoms with van der Waals surface area (Å²) in [4.78, 5) is 0. The Morgan fingerprint density at radius 1 is 1.37 bits per heavy atom. The van der Waals surface area contributed by atoms with Crippen molar-refractivity contribution in [1.82, 2.24) is 9.88 Å². The van der Waals surface area contributed by atoms with Crippen LogP contribution in [0.25, 0.3) is 0 Å². The van der Waals surface area contributed by atoms with Crippen molar-refractivity contribution in [3.63, 3.8) is 0 Å². The molecule has 3 nitrogen and oxygen atoms in total. The summed E-state index contributed by atoms with van der Waals surface area (Å²) in [6.45, 7) is 6.99. The molecule has 1 aromatic rings. The van der Waals surface area contributed by atoms with Gasteiger partial charge in [0.1, 0.15) is 0 Å². The zero-order valence-corrected chi connectivity index (χ0v) is 12.4. The van der Waals surface area contributed by atoms with Crippen LogP contribution in [-0.2, 0) is 13.1 Å². The normalized spacial score (nSPS) is 27.6. The molecule has 0 bridgehead atoms. The van der Waals surface area contributed by atoms with Gasteiger partial charge in [0.15, 0.2) is 0 Å². The van der Waals surface area contributed by atoms with Crippen LogP contribution < -0.4 is 5.32 Å². The van der Waals surface area contributed by atoms with E-state index in [1.54, 1.807) is 0 Å². The largest absolute Gasteiger partial charge is 0.389 e. The quantitative estimate of drug-likeness (QED) is 0.829. The molecule has 0 atom stereocenters. The number of nitrogens with one attached hydrogen (secondary N) is 1. The van der Waals surface area contributed by atoms with Crippen molar-refractivity contribution in [3.05, 3.63) is 24.0 Å². The monoisotopic (exact) mass is 264 g/mol. The van der Waals surface area contributed by atoms with E-state index in [2.05, 4.69) is 42.1 Å². The van der Waals surface area contributed by atoms with Crippen molar-refractivity contribution in [3.8, 4) is 0 Å². The number of aliphatic hydroxyl groups is 1. The number of rotatable bonds is 6. The van der Waals surface area contributed by atoms with E-state index in [0.717, 1.165) is 38.4 Å². The van der Waals surface area contributed by atoms with Crippen LogP contribution in [0.2, 0.25) is 0 Å². The predicted octanol–water partition coefficient (Wildman–Crippen LogP) is 2.93. The van der Waals surface area contributed by atoms with Crippen molar-refractivity contribution >= 4 is 0 Å². The Bertz CT molecular complexity index is 378. The highest BCUT2D eigenvalue weighted by atomic mass is 16.3. The van der Waals surface area contributed by atoms with Gasteiger partial charge < -0.3 is 15.0 Å². The fraction of sp³-hybridized carbons (Fsp3) is 0.750. The second-order valence-corrected chi connectivity index (χ2v) is 5.97. The Labute approximate surface area is 117 Å². The van der Waals surface area contributed by atoms with Gasteiger partial charge in [0, 0.05) is 31.5 Å². The molecule has 0 saturated heterocycles. The predicted molar refractivity (Wildman–Crippen MR) is 79.0 cm³/mol. The summed E-state index contributed by atoms with van der Waals surface area (Å²) < 4.78 is 2.24. The third kappa shape index (κ3) is 3.83. The van der Waals surface area contributed by atoms with E-state index in [9.17, 15) is 5.11 Å². The second-order valence-electron chi connectivity index (χ2n) is 5.97. The lowest BCUT2D eigenvalue weighted by atomic mass is 9.78. The van der Waals surface area contributed by atoms with Gasteiger partial charge in [-0.2, -0.15) is 0 Å². The maximum atomic E-state index is 10.6. The van der Waals surface area contributed by atoms with Crippen LogP contribution in [-0.4, -0.2) is 21.8 Å². The number of aromatic nitrogens is 1. The summed E-state index contributed by atoms with van der Waals surface area (Å²) in [6, 6.07) is 4.23. The number of hydrogen-bond donors (Lipinski definition) is 2. The van der Waals surface area contributed by atoms with Gasteiger partial charge in [0.25, 0.3) is 0 Å². The average Bonchev–Trinajstić information content (AvgIpc) is 2.87. The van der Waals surface area contributed by atoms with Crippen molar-refractivity contribution in [1.29, 1.82) is 0 Å². The first-order chi connectivity index (χ1) is 9.17. The summed E-state index contributed by atoms with van der Waals surface area (Å²) in [7, 11) is 0. The summed E-state index contributed by atoms with van der Waals surface area (Å²) in [5.74, 6) is 0.831. The van der Waals surface area contributed by atoms with Gasteiger partial charge in [0.2, 0.25) is 0 Å². The Morgan fingerprint density at radius 2 is 2.11 bits per heavy atom. The van der Waals surface area contributed by atoms with Crippen molar-refractivity contribution in [2.24, 2.45) is 5.92 Å². The van der Waals surface area contributed by atoms with Gasteiger partial charge in [-0.15, -0.1) is 0 Å². The lowest BCUT2D eigenvalue weighted by Gasteiger charge is -2.36. The molecule has 108 valence electrons. The first-order valence-corrected chi connectivity index (χ1v) is 7.74. The first kappa shape index (κ1) is 14.6.